The third kappa shape index (κ3) is 3.40. The van der Waals surface area contributed by atoms with Crippen molar-refractivity contribution in [1.82, 2.24) is 0 Å². The molecule has 5 heteroatoms. The second kappa shape index (κ2) is 6.67. The van der Waals surface area contributed by atoms with E-state index in [-0.39, 0.29) is 17.6 Å². The van der Waals surface area contributed by atoms with Crippen LogP contribution in [0.2, 0.25) is 0 Å². The molecular weight excluding hydrogens is 319 g/mol. The lowest BCUT2D eigenvalue weighted by atomic mass is 10.0. The molecule has 1 saturated carbocycles. The van der Waals surface area contributed by atoms with E-state index in [0.29, 0.717) is 25.1 Å². The first kappa shape index (κ1) is 17.1. The molecule has 0 radical (unpaired) electrons. The topological polar surface area (TPSA) is 49.4 Å². The zero-order valence-electron chi connectivity index (χ0n) is 14.4. The Kier molecular flexibility index (Phi) is 4.57. The lowest BCUT2D eigenvalue weighted by Gasteiger charge is -2.26. The average Bonchev–Trinajstić information content (AvgIpc) is 3.39. The van der Waals surface area contributed by atoms with Crippen molar-refractivity contribution in [2.75, 3.05) is 16.8 Å². The van der Waals surface area contributed by atoms with Gasteiger partial charge >= 0.3 is 0 Å². The third-order valence-electron chi connectivity index (χ3n) is 4.57. The highest BCUT2D eigenvalue weighted by Crippen LogP contribution is 2.48. The minimum Gasteiger partial charge on any atom is -0.325 e. The molecule has 3 rings (SSSR count). The zero-order chi connectivity index (χ0) is 18.0. The molecule has 1 N–H and O–H groups in total. The Morgan fingerprint density at radius 1 is 1.16 bits per heavy atom. The van der Waals surface area contributed by atoms with Crippen LogP contribution >= 0.6 is 0 Å². The van der Waals surface area contributed by atoms with Crippen molar-refractivity contribution in [3.05, 3.63) is 59.9 Å². The summed E-state index contributed by atoms with van der Waals surface area (Å²) in [4.78, 5) is 27.4. The standard InChI is InChI=1S/C20H21FN2O2/c1-3-23(17-6-4-5-14(2)13-17)19(25)20(11-12-20)18(24)22-16-9-7-15(21)8-10-16/h4-10,13H,3,11-12H2,1-2H3,(H,22,24). The summed E-state index contributed by atoms with van der Waals surface area (Å²) < 4.78 is 13.0. The Balaban J connectivity index is 1.79. The van der Waals surface area contributed by atoms with Gasteiger partial charge in [0.2, 0.25) is 11.8 Å². The molecule has 0 atom stereocenters. The predicted molar refractivity (Wildman–Crippen MR) is 95.9 cm³/mol. The SMILES string of the molecule is CCN(C(=O)C1(C(=O)Nc2ccc(F)cc2)CC1)c1cccc(C)c1. The average molecular weight is 340 g/mol. The summed E-state index contributed by atoms with van der Waals surface area (Å²) >= 11 is 0. The first-order valence-electron chi connectivity index (χ1n) is 8.42. The minimum atomic E-state index is -1.02. The van der Waals surface area contributed by atoms with Crippen molar-refractivity contribution >= 4 is 23.2 Å². The molecule has 25 heavy (non-hydrogen) atoms. The predicted octanol–water partition coefficient (Wildman–Crippen LogP) is 3.91. The molecule has 1 aliphatic carbocycles. The summed E-state index contributed by atoms with van der Waals surface area (Å²) in [5.41, 5.74) is 1.33. The number of aryl methyl sites for hydroxylation is 1. The minimum absolute atomic E-state index is 0.180. The number of anilines is 2. The van der Waals surface area contributed by atoms with Crippen LogP contribution in [-0.4, -0.2) is 18.4 Å². The number of hydrogen-bond donors (Lipinski definition) is 1. The van der Waals surface area contributed by atoms with Crippen molar-refractivity contribution in [2.45, 2.75) is 26.7 Å². The Morgan fingerprint density at radius 3 is 2.40 bits per heavy atom. The molecule has 4 nitrogen and oxygen atoms in total. The van der Waals surface area contributed by atoms with Crippen molar-refractivity contribution in [3.63, 3.8) is 0 Å². The van der Waals surface area contributed by atoms with Gasteiger partial charge in [-0.15, -0.1) is 0 Å². The van der Waals surface area contributed by atoms with Crippen molar-refractivity contribution in [2.24, 2.45) is 5.41 Å². The van der Waals surface area contributed by atoms with Gasteiger partial charge in [0.05, 0.1) is 0 Å². The number of amides is 2. The van der Waals surface area contributed by atoms with E-state index in [0.717, 1.165) is 11.3 Å². The molecule has 0 saturated heterocycles. The first-order valence-corrected chi connectivity index (χ1v) is 8.42. The molecule has 0 bridgehead atoms. The van der Waals surface area contributed by atoms with Crippen LogP contribution in [0.15, 0.2) is 48.5 Å². The summed E-state index contributed by atoms with van der Waals surface area (Å²) in [5.74, 6) is -0.873. The molecule has 2 aromatic carbocycles. The maximum absolute atomic E-state index is 13.1. The van der Waals surface area contributed by atoms with Crippen LogP contribution in [0.5, 0.6) is 0 Å². The van der Waals surface area contributed by atoms with Crippen LogP contribution in [-0.2, 0) is 9.59 Å². The summed E-state index contributed by atoms with van der Waals surface area (Å²) in [6.07, 6.45) is 1.06. The van der Waals surface area contributed by atoms with Crippen molar-refractivity contribution in [1.29, 1.82) is 0 Å². The monoisotopic (exact) mass is 340 g/mol. The van der Waals surface area contributed by atoms with Gasteiger partial charge in [-0.3, -0.25) is 9.59 Å². The van der Waals surface area contributed by atoms with Crippen LogP contribution in [0.25, 0.3) is 0 Å². The number of carbonyl (C=O) groups is 2. The van der Waals surface area contributed by atoms with Crippen LogP contribution in [0.4, 0.5) is 15.8 Å². The summed E-state index contributed by atoms with van der Waals surface area (Å²) in [6.45, 7) is 4.36. The number of benzene rings is 2. The number of halogens is 1. The van der Waals surface area contributed by atoms with E-state index < -0.39 is 5.41 Å². The maximum Gasteiger partial charge on any atom is 0.242 e. The van der Waals surface area contributed by atoms with Gasteiger partial charge in [-0.1, -0.05) is 12.1 Å². The van der Waals surface area contributed by atoms with E-state index in [1.807, 2.05) is 38.1 Å². The van der Waals surface area contributed by atoms with Crippen molar-refractivity contribution < 1.29 is 14.0 Å². The molecule has 0 unspecified atom stereocenters. The largest absolute Gasteiger partial charge is 0.325 e. The van der Waals surface area contributed by atoms with Gasteiger partial charge in [-0.05, 0) is 68.7 Å². The second-order valence-electron chi connectivity index (χ2n) is 6.43. The summed E-state index contributed by atoms with van der Waals surface area (Å²) in [5, 5.41) is 2.74. The molecule has 0 spiro atoms. The molecule has 2 aromatic rings. The number of rotatable bonds is 5. The lowest BCUT2D eigenvalue weighted by molar-refractivity contribution is -0.132. The summed E-state index contributed by atoms with van der Waals surface area (Å²) in [7, 11) is 0. The fourth-order valence-electron chi connectivity index (χ4n) is 2.94. The van der Waals surface area contributed by atoms with Crippen LogP contribution < -0.4 is 10.2 Å². The molecule has 130 valence electrons. The van der Waals surface area contributed by atoms with E-state index in [1.54, 1.807) is 4.90 Å². The van der Waals surface area contributed by atoms with Crippen LogP contribution in [0, 0.1) is 18.2 Å². The van der Waals surface area contributed by atoms with Crippen LogP contribution in [0.1, 0.15) is 25.3 Å². The highest BCUT2D eigenvalue weighted by Gasteiger charge is 2.58. The fraction of sp³-hybridized carbons (Fsp3) is 0.300. The Morgan fingerprint density at radius 2 is 1.84 bits per heavy atom. The normalized spacial score (nSPS) is 14.7. The highest BCUT2D eigenvalue weighted by molar-refractivity contribution is 6.17. The van der Waals surface area contributed by atoms with E-state index >= 15 is 0 Å². The summed E-state index contributed by atoms with van der Waals surface area (Å²) in [6, 6.07) is 13.2. The number of hydrogen-bond acceptors (Lipinski definition) is 2. The molecule has 2 amide bonds. The molecule has 1 aliphatic rings. The zero-order valence-corrected chi connectivity index (χ0v) is 14.4. The Labute approximate surface area is 146 Å². The van der Waals surface area contributed by atoms with Gasteiger partial charge in [0.15, 0.2) is 0 Å². The van der Waals surface area contributed by atoms with Gasteiger partial charge in [0.1, 0.15) is 11.2 Å². The van der Waals surface area contributed by atoms with Gasteiger partial charge in [0, 0.05) is 17.9 Å². The molecular formula is C20H21FN2O2. The van der Waals surface area contributed by atoms with E-state index in [4.69, 9.17) is 0 Å². The number of nitrogens with zero attached hydrogens (tertiary/aromatic N) is 1. The van der Waals surface area contributed by atoms with Gasteiger partial charge in [-0.2, -0.15) is 0 Å². The number of carbonyl (C=O) groups excluding carboxylic acids is 2. The Bertz CT molecular complexity index is 798. The van der Waals surface area contributed by atoms with Crippen LogP contribution in [0.3, 0.4) is 0 Å². The van der Waals surface area contributed by atoms with Gasteiger partial charge < -0.3 is 10.2 Å². The van der Waals surface area contributed by atoms with E-state index in [9.17, 15) is 14.0 Å². The third-order valence-corrected chi connectivity index (χ3v) is 4.57. The smallest absolute Gasteiger partial charge is 0.242 e. The fourth-order valence-corrected chi connectivity index (χ4v) is 2.94. The molecule has 0 heterocycles. The second-order valence-corrected chi connectivity index (χ2v) is 6.43. The first-order chi connectivity index (χ1) is 12.0. The molecule has 0 aliphatic heterocycles. The lowest BCUT2D eigenvalue weighted by Crippen LogP contribution is -2.43. The van der Waals surface area contributed by atoms with E-state index in [2.05, 4.69) is 5.32 Å². The Hall–Kier alpha value is -2.69. The highest BCUT2D eigenvalue weighted by atomic mass is 19.1. The van der Waals surface area contributed by atoms with Gasteiger partial charge in [0.25, 0.3) is 0 Å². The molecule has 0 aromatic heterocycles. The van der Waals surface area contributed by atoms with Gasteiger partial charge in [-0.25, -0.2) is 4.39 Å². The molecule has 1 fully saturated rings. The van der Waals surface area contributed by atoms with E-state index in [1.165, 1.54) is 24.3 Å². The maximum atomic E-state index is 13.1. The quantitative estimate of drug-likeness (QED) is 0.839. The number of nitrogens with one attached hydrogen (secondary N) is 1. The van der Waals surface area contributed by atoms with Crippen molar-refractivity contribution in [3.8, 4) is 0 Å².